The van der Waals surface area contributed by atoms with Crippen LogP contribution in [0.1, 0.15) is 37.0 Å². The van der Waals surface area contributed by atoms with Gasteiger partial charge in [0.05, 0.1) is 11.3 Å². The Hall–Kier alpha value is -1.51. The monoisotopic (exact) mass is 233 g/mol. The summed E-state index contributed by atoms with van der Waals surface area (Å²) in [6.07, 6.45) is 1.96. The molecule has 0 aromatic heterocycles. The molecule has 1 N–H and O–H groups in total. The molecular formula is C14H19NO2. The number of carbonyl (C=O) groups excluding carboxylic acids is 1. The normalized spacial score (nSPS) is 15.4. The summed E-state index contributed by atoms with van der Waals surface area (Å²) in [5.74, 6) is 0.983. The Morgan fingerprint density at radius 3 is 3.12 bits per heavy atom. The highest BCUT2D eigenvalue weighted by Gasteiger charge is 2.22. The Morgan fingerprint density at radius 2 is 2.35 bits per heavy atom. The standard InChI is InChI=1S/C14H19NO2/c1-3-5-10(2)13(16)11-6-4-7-12-14(11)17-9-8-15-12/h4,6-7,10,15H,3,5,8-9H2,1-2H3. The van der Waals surface area contributed by atoms with E-state index in [1.165, 1.54) is 0 Å². The smallest absolute Gasteiger partial charge is 0.169 e. The van der Waals surface area contributed by atoms with E-state index in [4.69, 9.17) is 4.74 Å². The number of fused-ring (bicyclic) bond motifs is 1. The summed E-state index contributed by atoms with van der Waals surface area (Å²) in [6, 6.07) is 5.72. The molecule has 0 radical (unpaired) electrons. The first-order valence-corrected chi connectivity index (χ1v) is 6.28. The zero-order valence-electron chi connectivity index (χ0n) is 10.5. The lowest BCUT2D eigenvalue weighted by Gasteiger charge is -2.22. The molecule has 3 heteroatoms. The lowest BCUT2D eigenvalue weighted by molar-refractivity contribution is 0.0919. The summed E-state index contributed by atoms with van der Waals surface area (Å²) in [5.41, 5.74) is 1.65. The third-order valence-electron chi connectivity index (χ3n) is 3.11. The molecule has 2 rings (SSSR count). The van der Waals surface area contributed by atoms with E-state index in [1.54, 1.807) is 0 Å². The van der Waals surface area contributed by atoms with Crippen LogP contribution in [0, 0.1) is 5.92 Å². The molecule has 0 saturated carbocycles. The van der Waals surface area contributed by atoms with Crippen molar-refractivity contribution in [1.82, 2.24) is 0 Å². The molecule has 0 saturated heterocycles. The van der Waals surface area contributed by atoms with Gasteiger partial charge in [-0.1, -0.05) is 26.3 Å². The Bertz CT molecular complexity index is 415. The van der Waals surface area contributed by atoms with Crippen LogP contribution in [0.3, 0.4) is 0 Å². The van der Waals surface area contributed by atoms with E-state index >= 15 is 0 Å². The molecule has 1 aromatic rings. The minimum Gasteiger partial charge on any atom is -0.489 e. The second-order valence-corrected chi connectivity index (χ2v) is 4.51. The van der Waals surface area contributed by atoms with Crippen molar-refractivity contribution in [2.75, 3.05) is 18.5 Å². The average molecular weight is 233 g/mol. The third kappa shape index (κ3) is 2.43. The van der Waals surface area contributed by atoms with Crippen LogP contribution in [0.4, 0.5) is 5.69 Å². The lowest BCUT2D eigenvalue weighted by atomic mass is 9.94. The zero-order valence-corrected chi connectivity index (χ0v) is 10.5. The molecular weight excluding hydrogens is 214 g/mol. The molecule has 0 amide bonds. The van der Waals surface area contributed by atoms with Gasteiger partial charge in [-0.3, -0.25) is 4.79 Å². The molecule has 1 atom stereocenters. The topological polar surface area (TPSA) is 38.3 Å². The van der Waals surface area contributed by atoms with Crippen molar-refractivity contribution in [2.45, 2.75) is 26.7 Å². The lowest BCUT2D eigenvalue weighted by Crippen LogP contribution is -2.21. The Kier molecular flexibility index (Phi) is 3.67. The van der Waals surface area contributed by atoms with Crippen LogP contribution in [-0.4, -0.2) is 18.9 Å². The first kappa shape index (κ1) is 12.0. The van der Waals surface area contributed by atoms with Crippen molar-refractivity contribution in [2.24, 2.45) is 5.92 Å². The van der Waals surface area contributed by atoms with E-state index in [0.717, 1.165) is 36.4 Å². The number of ether oxygens (including phenoxy) is 1. The van der Waals surface area contributed by atoms with Gasteiger partial charge in [0.2, 0.25) is 0 Å². The van der Waals surface area contributed by atoms with Crippen LogP contribution in [0.15, 0.2) is 18.2 Å². The number of hydrogen-bond acceptors (Lipinski definition) is 3. The zero-order chi connectivity index (χ0) is 12.3. The van der Waals surface area contributed by atoms with Crippen molar-refractivity contribution in [3.05, 3.63) is 23.8 Å². The molecule has 0 bridgehead atoms. The maximum absolute atomic E-state index is 12.3. The number of rotatable bonds is 4. The minimum absolute atomic E-state index is 0.0667. The third-order valence-corrected chi connectivity index (χ3v) is 3.11. The second kappa shape index (κ2) is 5.21. The van der Waals surface area contributed by atoms with E-state index in [-0.39, 0.29) is 11.7 Å². The predicted octanol–water partition coefficient (Wildman–Crippen LogP) is 3.11. The van der Waals surface area contributed by atoms with E-state index < -0.39 is 0 Å². The molecule has 17 heavy (non-hydrogen) atoms. The van der Waals surface area contributed by atoms with E-state index in [2.05, 4.69) is 12.2 Å². The highest BCUT2D eigenvalue weighted by molar-refractivity contribution is 6.01. The predicted molar refractivity (Wildman–Crippen MR) is 68.8 cm³/mol. The Balaban J connectivity index is 2.29. The van der Waals surface area contributed by atoms with Gasteiger partial charge in [0, 0.05) is 12.5 Å². The maximum Gasteiger partial charge on any atom is 0.169 e. The number of ketones is 1. The molecule has 0 aliphatic carbocycles. The summed E-state index contributed by atoms with van der Waals surface area (Å²) >= 11 is 0. The molecule has 1 aliphatic heterocycles. The van der Waals surface area contributed by atoms with Gasteiger partial charge in [0.25, 0.3) is 0 Å². The van der Waals surface area contributed by atoms with E-state index in [0.29, 0.717) is 6.61 Å². The summed E-state index contributed by atoms with van der Waals surface area (Å²) < 4.78 is 5.62. The summed E-state index contributed by atoms with van der Waals surface area (Å²) in [6.45, 7) is 5.51. The van der Waals surface area contributed by atoms with Crippen LogP contribution in [0.2, 0.25) is 0 Å². The number of anilines is 1. The number of nitrogens with one attached hydrogen (secondary N) is 1. The molecule has 1 aromatic carbocycles. The number of benzene rings is 1. The van der Waals surface area contributed by atoms with Gasteiger partial charge >= 0.3 is 0 Å². The van der Waals surface area contributed by atoms with Crippen LogP contribution in [0.25, 0.3) is 0 Å². The van der Waals surface area contributed by atoms with Crippen LogP contribution in [0.5, 0.6) is 5.75 Å². The van der Waals surface area contributed by atoms with Gasteiger partial charge < -0.3 is 10.1 Å². The van der Waals surface area contributed by atoms with Gasteiger partial charge in [-0.25, -0.2) is 0 Å². The summed E-state index contributed by atoms with van der Waals surface area (Å²) in [5, 5.41) is 3.25. The molecule has 0 spiro atoms. The molecule has 3 nitrogen and oxygen atoms in total. The molecule has 0 fully saturated rings. The van der Waals surface area contributed by atoms with Crippen LogP contribution >= 0.6 is 0 Å². The number of Topliss-reactive ketones (excluding diaryl/α,β-unsaturated/α-hetero) is 1. The number of para-hydroxylation sites is 1. The average Bonchev–Trinajstić information content (AvgIpc) is 2.37. The molecule has 1 heterocycles. The Labute approximate surface area is 102 Å². The SMILES string of the molecule is CCCC(C)C(=O)c1cccc2c1OCCN2. The van der Waals surface area contributed by atoms with Crippen molar-refractivity contribution < 1.29 is 9.53 Å². The number of hydrogen-bond donors (Lipinski definition) is 1. The van der Waals surface area contributed by atoms with E-state index in [1.807, 2.05) is 25.1 Å². The maximum atomic E-state index is 12.3. The highest BCUT2D eigenvalue weighted by atomic mass is 16.5. The minimum atomic E-state index is 0.0667. The van der Waals surface area contributed by atoms with Crippen molar-refractivity contribution in [3.8, 4) is 5.75 Å². The molecule has 92 valence electrons. The Morgan fingerprint density at radius 1 is 1.53 bits per heavy atom. The van der Waals surface area contributed by atoms with Crippen LogP contribution in [-0.2, 0) is 0 Å². The van der Waals surface area contributed by atoms with Crippen molar-refractivity contribution >= 4 is 11.5 Å². The van der Waals surface area contributed by atoms with Crippen molar-refractivity contribution in [3.63, 3.8) is 0 Å². The number of carbonyl (C=O) groups is 1. The highest BCUT2D eigenvalue weighted by Crippen LogP contribution is 2.33. The first-order chi connectivity index (χ1) is 8.24. The largest absolute Gasteiger partial charge is 0.489 e. The quantitative estimate of drug-likeness (QED) is 0.812. The van der Waals surface area contributed by atoms with Crippen molar-refractivity contribution in [1.29, 1.82) is 0 Å². The fraction of sp³-hybridized carbons (Fsp3) is 0.500. The second-order valence-electron chi connectivity index (χ2n) is 4.51. The van der Waals surface area contributed by atoms with E-state index in [9.17, 15) is 4.79 Å². The van der Waals surface area contributed by atoms with Gasteiger partial charge in [-0.15, -0.1) is 0 Å². The van der Waals surface area contributed by atoms with Gasteiger partial charge in [-0.05, 0) is 18.6 Å². The van der Waals surface area contributed by atoms with Gasteiger partial charge in [0.15, 0.2) is 11.5 Å². The van der Waals surface area contributed by atoms with Crippen LogP contribution < -0.4 is 10.1 Å². The summed E-state index contributed by atoms with van der Waals surface area (Å²) in [4.78, 5) is 12.3. The summed E-state index contributed by atoms with van der Waals surface area (Å²) in [7, 11) is 0. The molecule has 1 aliphatic rings. The van der Waals surface area contributed by atoms with Gasteiger partial charge in [-0.2, -0.15) is 0 Å². The van der Waals surface area contributed by atoms with Gasteiger partial charge in [0.1, 0.15) is 6.61 Å². The molecule has 1 unspecified atom stereocenters. The fourth-order valence-electron chi connectivity index (χ4n) is 2.19. The first-order valence-electron chi connectivity index (χ1n) is 6.28. The fourth-order valence-corrected chi connectivity index (χ4v) is 2.19.